The van der Waals surface area contributed by atoms with E-state index in [-0.39, 0.29) is 0 Å². The molecule has 0 saturated heterocycles. The fourth-order valence-corrected chi connectivity index (χ4v) is 3.48. The molecule has 198 valence electrons. The Balaban J connectivity index is 0.000000599. The van der Waals surface area contributed by atoms with Crippen molar-refractivity contribution in [2.75, 3.05) is 19.5 Å². The van der Waals surface area contributed by atoms with Gasteiger partial charge in [-0.25, -0.2) is 14.6 Å². The first-order valence-corrected chi connectivity index (χ1v) is 11.5. The number of imidazole rings is 1. The quantitative estimate of drug-likeness (QED) is 0.274. The Bertz CT molecular complexity index is 1360. The topological polar surface area (TPSA) is 132 Å². The summed E-state index contributed by atoms with van der Waals surface area (Å²) in [4.78, 5) is 22.7. The summed E-state index contributed by atoms with van der Waals surface area (Å²) in [6.45, 7) is 1.10. The summed E-state index contributed by atoms with van der Waals surface area (Å²) in [5, 5.41) is 18.2. The number of aromatic nitrogens is 2. The number of carboxylic acids is 2. The molecule has 0 aliphatic rings. The minimum Gasteiger partial charge on any atom is -0.497 e. The molecule has 0 unspecified atom stereocenters. The number of ether oxygens (including phenoxy) is 3. The lowest BCUT2D eigenvalue weighted by atomic mass is 10.1. The molecule has 0 spiro atoms. The lowest BCUT2D eigenvalue weighted by Crippen LogP contribution is -2.09. The molecule has 0 fully saturated rings. The standard InChI is InChI=1S/C26H27N3O3.C2H2O4/c1-29-23(21-10-7-11-22(15-21)30-2)17-28-26(29)27-16-20-12-13-24(25(14-20)31-3)32-18-19-8-5-4-6-9-19;3-1(4)2(5)6/h4-15,17H,16,18H2,1-3H3,(H,27,28);(H,3,4)(H,5,6). The zero-order chi connectivity index (χ0) is 27.5. The van der Waals surface area contributed by atoms with Crippen molar-refractivity contribution >= 4 is 17.9 Å². The number of hydrogen-bond donors (Lipinski definition) is 3. The van der Waals surface area contributed by atoms with E-state index in [1.807, 2.05) is 90.6 Å². The van der Waals surface area contributed by atoms with E-state index in [9.17, 15) is 0 Å². The van der Waals surface area contributed by atoms with Crippen LogP contribution < -0.4 is 19.5 Å². The predicted octanol–water partition coefficient (Wildman–Crippen LogP) is 4.45. The number of nitrogens with one attached hydrogen (secondary N) is 1. The Hall–Kier alpha value is -4.99. The van der Waals surface area contributed by atoms with E-state index in [1.165, 1.54) is 0 Å². The number of anilines is 1. The molecule has 0 atom stereocenters. The highest BCUT2D eigenvalue weighted by Crippen LogP contribution is 2.30. The summed E-state index contributed by atoms with van der Waals surface area (Å²) < 4.78 is 18.9. The van der Waals surface area contributed by atoms with Crippen molar-refractivity contribution in [3.63, 3.8) is 0 Å². The lowest BCUT2D eigenvalue weighted by molar-refractivity contribution is -0.159. The maximum atomic E-state index is 9.10. The molecular weight excluding hydrogens is 490 g/mol. The van der Waals surface area contributed by atoms with Crippen molar-refractivity contribution in [3.8, 4) is 28.5 Å². The molecule has 10 heteroatoms. The Labute approximate surface area is 220 Å². The molecule has 3 aromatic carbocycles. The average molecular weight is 520 g/mol. The van der Waals surface area contributed by atoms with Crippen LogP contribution >= 0.6 is 0 Å². The molecular formula is C28H29N3O7. The van der Waals surface area contributed by atoms with Gasteiger partial charge in [-0.3, -0.25) is 0 Å². The Kier molecular flexibility index (Phi) is 9.70. The SMILES string of the molecule is COc1cccc(-c2cnc(NCc3ccc(OCc4ccccc4)c(OC)c3)n2C)c1.O=C(O)C(=O)O. The largest absolute Gasteiger partial charge is 0.497 e. The number of hydrogen-bond acceptors (Lipinski definition) is 7. The van der Waals surface area contributed by atoms with E-state index in [4.69, 9.17) is 34.0 Å². The van der Waals surface area contributed by atoms with Crippen LogP contribution in [0.2, 0.25) is 0 Å². The van der Waals surface area contributed by atoms with Gasteiger partial charge in [0.15, 0.2) is 11.5 Å². The molecule has 0 saturated carbocycles. The third kappa shape index (κ3) is 7.50. The van der Waals surface area contributed by atoms with Gasteiger partial charge in [-0.05, 0) is 35.4 Å². The molecule has 4 rings (SSSR count). The lowest BCUT2D eigenvalue weighted by Gasteiger charge is -2.13. The van der Waals surface area contributed by atoms with Gasteiger partial charge in [0.2, 0.25) is 5.95 Å². The number of benzene rings is 3. The molecule has 38 heavy (non-hydrogen) atoms. The maximum absolute atomic E-state index is 9.10. The Morgan fingerprint density at radius 2 is 1.61 bits per heavy atom. The molecule has 0 aliphatic carbocycles. The molecule has 0 bridgehead atoms. The molecule has 0 radical (unpaired) electrons. The number of carboxylic acid groups (broad SMARTS) is 2. The van der Waals surface area contributed by atoms with Crippen LogP contribution in [-0.2, 0) is 29.8 Å². The fourth-order valence-electron chi connectivity index (χ4n) is 3.48. The van der Waals surface area contributed by atoms with Crippen LogP contribution in [0.15, 0.2) is 79.0 Å². The number of rotatable bonds is 9. The second-order valence-corrected chi connectivity index (χ2v) is 7.98. The van der Waals surface area contributed by atoms with Crippen molar-refractivity contribution < 1.29 is 34.0 Å². The van der Waals surface area contributed by atoms with Gasteiger partial charge >= 0.3 is 11.9 Å². The monoisotopic (exact) mass is 519 g/mol. The normalized spacial score (nSPS) is 10.1. The zero-order valence-electron chi connectivity index (χ0n) is 21.2. The first-order chi connectivity index (χ1) is 18.3. The van der Waals surface area contributed by atoms with Crippen molar-refractivity contribution in [2.45, 2.75) is 13.2 Å². The first kappa shape index (κ1) is 27.6. The van der Waals surface area contributed by atoms with Crippen LogP contribution in [0.3, 0.4) is 0 Å². The Morgan fingerprint density at radius 1 is 0.868 bits per heavy atom. The highest BCUT2D eigenvalue weighted by Gasteiger charge is 2.11. The molecule has 10 nitrogen and oxygen atoms in total. The molecule has 1 aromatic heterocycles. The predicted molar refractivity (Wildman–Crippen MR) is 142 cm³/mol. The number of aliphatic carboxylic acids is 2. The summed E-state index contributed by atoms with van der Waals surface area (Å²) in [7, 11) is 5.31. The summed E-state index contributed by atoms with van der Waals surface area (Å²) >= 11 is 0. The summed E-state index contributed by atoms with van der Waals surface area (Å²) in [6.07, 6.45) is 1.86. The van der Waals surface area contributed by atoms with E-state index in [1.54, 1.807) is 14.2 Å². The van der Waals surface area contributed by atoms with E-state index in [0.717, 1.165) is 39.8 Å². The number of nitrogens with zero attached hydrogens (tertiary/aromatic N) is 2. The molecule has 3 N–H and O–H groups in total. The second kappa shape index (κ2) is 13.4. The number of carbonyl (C=O) groups is 2. The van der Waals surface area contributed by atoms with E-state index >= 15 is 0 Å². The van der Waals surface area contributed by atoms with Gasteiger partial charge in [-0.2, -0.15) is 0 Å². The van der Waals surface area contributed by atoms with Crippen LogP contribution in [0.4, 0.5) is 5.95 Å². The van der Waals surface area contributed by atoms with E-state index in [2.05, 4.69) is 10.3 Å². The van der Waals surface area contributed by atoms with Gasteiger partial charge < -0.3 is 34.3 Å². The zero-order valence-corrected chi connectivity index (χ0v) is 21.2. The van der Waals surface area contributed by atoms with E-state index in [0.29, 0.717) is 18.9 Å². The van der Waals surface area contributed by atoms with Gasteiger partial charge in [0.25, 0.3) is 0 Å². The Morgan fingerprint density at radius 3 is 2.26 bits per heavy atom. The van der Waals surface area contributed by atoms with Crippen LogP contribution in [-0.4, -0.2) is 45.9 Å². The molecule has 0 amide bonds. The van der Waals surface area contributed by atoms with Gasteiger partial charge in [-0.1, -0.05) is 48.5 Å². The van der Waals surface area contributed by atoms with Crippen molar-refractivity contribution in [3.05, 3.63) is 90.1 Å². The minimum atomic E-state index is -1.82. The van der Waals surface area contributed by atoms with Crippen molar-refractivity contribution in [1.29, 1.82) is 0 Å². The third-order valence-electron chi connectivity index (χ3n) is 5.45. The second-order valence-electron chi connectivity index (χ2n) is 7.98. The van der Waals surface area contributed by atoms with Crippen LogP contribution in [0, 0.1) is 0 Å². The minimum absolute atomic E-state index is 0.495. The van der Waals surface area contributed by atoms with Crippen LogP contribution in [0.1, 0.15) is 11.1 Å². The highest BCUT2D eigenvalue weighted by atomic mass is 16.5. The maximum Gasteiger partial charge on any atom is 0.414 e. The molecule has 4 aromatic rings. The summed E-state index contributed by atoms with van der Waals surface area (Å²) in [6, 6.07) is 24.0. The first-order valence-electron chi connectivity index (χ1n) is 11.5. The summed E-state index contributed by atoms with van der Waals surface area (Å²) in [5.41, 5.74) is 4.24. The number of methoxy groups -OCH3 is 2. The molecule has 0 aliphatic heterocycles. The van der Waals surface area contributed by atoms with Gasteiger partial charge in [0.1, 0.15) is 12.4 Å². The molecule has 1 heterocycles. The smallest absolute Gasteiger partial charge is 0.414 e. The van der Waals surface area contributed by atoms with E-state index < -0.39 is 11.9 Å². The fraction of sp³-hybridized carbons (Fsp3) is 0.179. The van der Waals surface area contributed by atoms with Crippen LogP contribution in [0.5, 0.6) is 17.2 Å². The van der Waals surface area contributed by atoms with Gasteiger partial charge in [-0.15, -0.1) is 0 Å². The third-order valence-corrected chi connectivity index (χ3v) is 5.45. The average Bonchev–Trinajstić information content (AvgIpc) is 3.31. The van der Waals surface area contributed by atoms with Crippen molar-refractivity contribution in [1.82, 2.24) is 9.55 Å². The summed E-state index contributed by atoms with van der Waals surface area (Å²) in [5.74, 6) is -0.620. The van der Waals surface area contributed by atoms with Crippen LogP contribution in [0.25, 0.3) is 11.3 Å². The van der Waals surface area contributed by atoms with Crippen molar-refractivity contribution in [2.24, 2.45) is 7.05 Å². The highest BCUT2D eigenvalue weighted by molar-refractivity contribution is 6.27. The van der Waals surface area contributed by atoms with Gasteiger partial charge in [0, 0.05) is 19.2 Å². The van der Waals surface area contributed by atoms with Gasteiger partial charge in [0.05, 0.1) is 26.1 Å².